The van der Waals surface area contributed by atoms with Gasteiger partial charge in [0.2, 0.25) is 17.7 Å². The molecule has 1 aromatic rings. The summed E-state index contributed by atoms with van der Waals surface area (Å²) in [6.07, 6.45) is 2.71. The van der Waals surface area contributed by atoms with Gasteiger partial charge in [0.05, 0.1) is 30.6 Å². The highest BCUT2D eigenvalue weighted by atomic mass is 32.2. The quantitative estimate of drug-likeness (QED) is 0.262. The largest absolute Gasteiger partial charge is 0.477 e. The summed E-state index contributed by atoms with van der Waals surface area (Å²) in [6, 6.07) is -1.08. The van der Waals surface area contributed by atoms with Gasteiger partial charge in [-0.3, -0.25) is 14.4 Å². The topological polar surface area (TPSA) is 175 Å². The Morgan fingerprint density at radius 1 is 1.34 bits per heavy atom. The van der Waals surface area contributed by atoms with Crippen LogP contribution < -0.4 is 16.0 Å². The van der Waals surface area contributed by atoms with Gasteiger partial charge in [0.25, 0.3) is 0 Å². The van der Waals surface area contributed by atoms with Crippen LogP contribution in [0.15, 0.2) is 16.9 Å². The molecule has 38 heavy (non-hydrogen) atoms. The number of carbonyl (C=O) groups excluding carboxylic acids is 3. The molecule has 0 spiro atoms. The minimum Gasteiger partial charge on any atom is -0.477 e. The van der Waals surface area contributed by atoms with E-state index in [2.05, 4.69) is 31.4 Å². The molecule has 0 aliphatic carbocycles. The van der Waals surface area contributed by atoms with Crippen molar-refractivity contribution >= 4 is 35.5 Å². The number of carboxylic acids is 1. The van der Waals surface area contributed by atoms with Crippen molar-refractivity contribution in [3.05, 3.63) is 16.9 Å². The molecule has 7 atom stereocenters. The lowest BCUT2D eigenvalue weighted by molar-refractivity contribution is -0.158. The minimum atomic E-state index is -1.14. The van der Waals surface area contributed by atoms with Gasteiger partial charge in [-0.1, -0.05) is 6.92 Å². The van der Waals surface area contributed by atoms with E-state index in [9.17, 15) is 24.3 Å². The number of fused-ring (bicyclic) bond motifs is 1. The average Bonchev–Trinajstić information content (AvgIpc) is 3.66. The van der Waals surface area contributed by atoms with Gasteiger partial charge in [-0.05, 0) is 32.0 Å². The van der Waals surface area contributed by atoms with Crippen molar-refractivity contribution in [2.24, 2.45) is 11.8 Å². The first-order valence-electron chi connectivity index (χ1n) is 12.9. The maximum absolute atomic E-state index is 13.2. The molecule has 4 N–H and O–H groups in total. The Labute approximate surface area is 223 Å². The van der Waals surface area contributed by atoms with Gasteiger partial charge >= 0.3 is 5.97 Å². The first kappa shape index (κ1) is 26.6. The summed E-state index contributed by atoms with van der Waals surface area (Å²) < 4.78 is 0. The molecule has 5 rings (SSSR count). The summed E-state index contributed by atoms with van der Waals surface area (Å²) in [5.74, 6) is -2.29. The third-order valence-electron chi connectivity index (χ3n) is 7.90. The Kier molecular flexibility index (Phi) is 7.42. The van der Waals surface area contributed by atoms with Crippen molar-refractivity contribution in [1.82, 2.24) is 46.0 Å². The molecular formula is C23H33N9O5S. The number of tetrazole rings is 1. The molecule has 14 nitrogen and oxygen atoms in total. The molecule has 0 radical (unpaired) electrons. The second-order valence-corrected chi connectivity index (χ2v) is 11.7. The maximum Gasteiger partial charge on any atom is 0.353 e. The number of aromatic nitrogens is 4. The molecule has 4 aliphatic heterocycles. The zero-order chi connectivity index (χ0) is 27.1. The third kappa shape index (κ3) is 4.66. The van der Waals surface area contributed by atoms with Gasteiger partial charge in [0.1, 0.15) is 5.70 Å². The van der Waals surface area contributed by atoms with Crippen LogP contribution in [0.5, 0.6) is 0 Å². The number of thioether (sulfide) groups is 1. The van der Waals surface area contributed by atoms with Crippen LogP contribution in [-0.4, -0.2) is 115 Å². The van der Waals surface area contributed by atoms with Gasteiger partial charge in [0.15, 0.2) is 6.33 Å². The molecule has 0 saturated carbocycles. The number of likely N-dealkylation sites (tertiary alicyclic amines) is 1. The Morgan fingerprint density at radius 3 is 2.82 bits per heavy atom. The predicted molar refractivity (Wildman–Crippen MR) is 135 cm³/mol. The first-order valence-corrected chi connectivity index (χ1v) is 13.7. The van der Waals surface area contributed by atoms with E-state index in [1.54, 1.807) is 18.8 Å². The summed E-state index contributed by atoms with van der Waals surface area (Å²) in [7, 11) is 1.67. The highest BCUT2D eigenvalue weighted by Gasteiger charge is 2.60. The van der Waals surface area contributed by atoms with Gasteiger partial charge < -0.3 is 30.9 Å². The first-order chi connectivity index (χ1) is 18.2. The van der Waals surface area contributed by atoms with Crippen molar-refractivity contribution in [3.8, 4) is 0 Å². The number of β-lactam (4-membered cyclic amide) rings is 1. The lowest BCUT2D eigenvalue weighted by atomic mass is 9.78. The number of hydrogen-bond acceptors (Lipinski definition) is 10. The molecule has 5 heterocycles. The standard InChI is InChI=1S/C23H33N9O5S/c1-11-18-17(12(2)28-16(33)8-24-3)22(35)31(18)19(23(36)37)20(11)38-14-6-15(25-7-14)21(34)30-5-4-13(9-30)32-27-10-26-29-32/h10-15,17-18,24-25H,4-9H2,1-3H3,(H,28,33)(H,36,37)/t11-,12?,13?,14?,15?,17-,18+/m1/s1. The molecule has 206 valence electrons. The molecule has 4 unspecified atom stereocenters. The molecule has 1 aromatic heterocycles. The Balaban J connectivity index is 1.22. The van der Waals surface area contributed by atoms with E-state index in [1.165, 1.54) is 23.0 Å². The highest BCUT2D eigenvalue weighted by Crippen LogP contribution is 2.51. The summed E-state index contributed by atoms with van der Waals surface area (Å²) in [5, 5.41) is 30.7. The Hall–Kier alpha value is -3.04. The molecule has 15 heteroatoms. The zero-order valence-corrected chi connectivity index (χ0v) is 22.3. The van der Waals surface area contributed by atoms with Crippen LogP contribution in [0, 0.1) is 11.8 Å². The van der Waals surface area contributed by atoms with Crippen LogP contribution in [0.25, 0.3) is 0 Å². The van der Waals surface area contributed by atoms with Gasteiger partial charge in [0, 0.05) is 41.7 Å². The SMILES string of the molecule is CNCC(=O)NC(C)[C@H]1C(=O)N2C(C(=O)O)=C(SC3CNC(C(=O)N4CCC(n5ncnn5)C4)C3)[C@H](C)[C@@H]12. The number of nitrogens with zero attached hydrogens (tertiary/aromatic N) is 6. The van der Waals surface area contributed by atoms with Crippen LogP contribution in [-0.2, 0) is 19.2 Å². The van der Waals surface area contributed by atoms with Crippen molar-refractivity contribution in [2.45, 2.75) is 56.1 Å². The average molecular weight is 548 g/mol. The molecular weight excluding hydrogens is 514 g/mol. The third-order valence-corrected chi connectivity index (χ3v) is 9.42. The zero-order valence-electron chi connectivity index (χ0n) is 21.5. The molecule has 0 bridgehead atoms. The number of amides is 3. The lowest BCUT2D eigenvalue weighted by Crippen LogP contribution is -2.66. The minimum absolute atomic E-state index is 0.00820. The molecule has 4 aliphatic rings. The van der Waals surface area contributed by atoms with Crippen molar-refractivity contribution in [1.29, 1.82) is 0 Å². The lowest BCUT2D eigenvalue weighted by Gasteiger charge is -2.47. The van der Waals surface area contributed by atoms with E-state index < -0.39 is 17.9 Å². The molecule has 3 amide bonds. The number of aliphatic carboxylic acids is 1. The Morgan fingerprint density at radius 2 is 2.13 bits per heavy atom. The van der Waals surface area contributed by atoms with E-state index in [4.69, 9.17) is 0 Å². The van der Waals surface area contributed by atoms with Crippen LogP contribution in [0.3, 0.4) is 0 Å². The number of carboxylic acid groups (broad SMARTS) is 1. The smallest absolute Gasteiger partial charge is 0.353 e. The van der Waals surface area contributed by atoms with Crippen LogP contribution in [0.1, 0.15) is 32.7 Å². The van der Waals surface area contributed by atoms with Crippen molar-refractivity contribution < 1.29 is 24.3 Å². The van der Waals surface area contributed by atoms with Gasteiger partial charge in [-0.15, -0.1) is 22.0 Å². The van der Waals surface area contributed by atoms with E-state index in [0.717, 1.165) is 6.42 Å². The molecule has 3 fully saturated rings. The normalized spacial score (nSPS) is 31.4. The fraction of sp³-hybridized carbons (Fsp3) is 0.696. The van der Waals surface area contributed by atoms with E-state index in [1.807, 2.05) is 11.8 Å². The van der Waals surface area contributed by atoms with Crippen LogP contribution >= 0.6 is 11.8 Å². The second-order valence-electron chi connectivity index (χ2n) is 10.3. The molecule has 0 aromatic carbocycles. The highest BCUT2D eigenvalue weighted by molar-refractivity contribution is 8.03. The fourth-order valence-electron chi connectivity index (χ4n) is 6.11. The fourth-order valence-corrected chi connectivity index (χ4v) is 7.58. The summed E-state index contributed by atoms with van der Waals surface area (Å²) in [4.78, 5) is 55.9. The molecule has 3 saturated heterocycles. The van der Waals surface area contributed by atoms with Gasteiger partial charge in [-0.2, -0.15) is 4.80 Å². The number of likely N-dealkylation sites (N-methyl/N-ethyl adjacent to an activating group) is 1. The maximum atomic E-state index is 13.2. The van der Waals surface area contributed by atoms with Crippen molar-refractivity contribution in [3.63, 3.8) is 0 Å². The predicted octanol–water partition coefficient (Wildman–Crippen LogP) is -1.59. The van der Waals surface area contributed by atoms with E-state index >= 15 is 0 Å². The number of nitrogens with one attached hydrogen (secondary N) is 3. The van der Waals surface area contributed by atoms with Crippen LogP contribution in [0.4, 0.5) is 0 Å². The van der Waals surface area contributed by atoms with Crippen molar-refractivity contribution in [2.75, 3.05) is 33.2 Å². The summed E-state index contributed by atoms with van der Waals surface area (Å²) in [6.45, 7) is 5.56. The second kappa shape index (κ2) is 10.6. The van der Waals surface area contributed by atoms with Crippen LogP contribution in [0.2, 0.25) is 0 Å². The monoisotopic (exact) mass is 547 g/mol. The number of rotatable bonds is 9. The van der Waals surface area contributed by atoms with Gasteiger partial charge in [-0.25, -0.2) is 4.79 Å². The Bertz CT molecular complexity index is 1140. The summed E-state index contributed by atoms with van der Waals surface area (Å²) >= 11 is 1.45. The summed E-state index contributed by atoms with van der Waals surface area (Å²) in [5.41, 5.74) is 0.0278. The number of carbonyl (C=O) groups is 4. The van der Waals surface area contributed by atoms with E-state index in [0.29, 0.717) is 31.0 Å². The number of hydrogen-bond donors (Lipinski definition) is 4. The van der Waals surface area contributed by atoms with E-state index in [-0.39, 0.29) is 59.3 Å².